The summed E-state index contributed by atoms with van der Waals surface area (Å²) < 4.78 is 1.15. The molecule has 0 fully saturated rings. The highest BCUT2D eigenvalue weighted by molar-refractivity contribution is 9.10. The van der Waals surface area contributed by atoms with E-state index in [1.807, 2.05) is 0 Å². The molecule has 1 atom stereocenters. The molecule has 0 saturated carbocycles. The van der Waals surface area contributed by atoms with E-state index in [1.54, 1.807) is 22.7 Å². The van der Waals surface area contributed by atoms with Gasteiger partial charge in [0.2, 0.25) is 5.13 Å². The summed E-state index contributed by atoms with van der Waals surface area (Å²) in [7, 11) is 0. The number of nitrogens with zero attached hydrogens (tertiary/aromatic N) is 2. The zero-order valence-electron chi connectivity index (χ0n) is 9.03. The Morgan fingerprint density at radius 2 is 2.31 bits per heavy atom. The van der Waals surface area contributed by atoms with E-state index in [4.69, 9.17) is 0 Å². The van der Waals surface area contributed by atoms with Crippen LogP contribution in [0.2, 0.25) is 0 Å². The summed E-state index contributed by atoms with van der Waals surface area (Å²) in [6, 6.07) is 2.32. The Balaban J connectivity index is 2.07. The van der Waals surface area contributed by atoms with Crippen LogP contribution in [0.25, 0.3) is 0 Å². The second-order valence-electron chi connectivity index (χ2n) is 3.35. The Kier molecular flexibility index (Phi) is 3.94. The van der Waals surface area contributed by atoms with Gasteiger partial charge in [0.1, 0.15) is 5.01 Å². The molecule has 86 valence electrons. The summed E-state index contributed by atoms with van der Waals surface area (Å²) in [5, 5.41) is 15.6. The quantitative estimate of drug-likeness (QED) is 0.922. The molecule has 16 heavy (non-hydrogen) atoms. The molecule has 2 aromatic rings. The van der Waals surface area contributed by atoms with Crippen LogP contribution >= 0.6 is 38.6 Å². The molecule has 3 nitrogen and oxygen atoms in total. The van der Waals surface area contributed by atoms with Crippen molar-refractivity contribution in [1.29, 1.82) is 0 Å². The predicted octanol–water partition coefficient (Wildman–Crippen LogP) is 4.10. The number of aromatic nitrogens is 2. The van der Waals surface area contributed by atoms with Gasteiger partial charge in [-0.3, -0.25) is 0 Å². The van der Waals surface area contributed by atoms with E-state index in [1.165, 1.54) is 4.88 Å². The molecule has 1 N–H and O–H groups in total. The zero-order chi connectivity index (χ0) is 11.5. The zero-order valence-corrected chi connectivity index (χ0v) is 12.2. The van der Waals surface area contributed by atoms with E-state index in [2.05, 4.69) is 56.7 Å². The average molecular weight is 318 g/mol. The van der Waals surface area contributed by atoms with Crippen LogP contribution in [0.1, 0.15) is 29.8 Å². The molecule has 0 aromatic carbocycles. The predicted molar refractivity (Wildman–Crippen MR) is 73.3 cm³/mol. The van der Waals surface area contributed by atoms with Gasteiger partial charge in [0.25, 0.3) is 0 Å². The Morgan fingerprint density at radius 3 is 2.88 bits per heavy atom. The largest absolute Gasteiger partial charge is 0.353 e. The number of halogens is 1. The van der Waals surface area contributed by atoms with E-state index >= 15 is 0 Å². The molecular weight excluding hydrogens is 306 g/mol. The molecular formula is C10H12BrN3S2. The third kappa shape index (κ3) is 2.61. The van der Waals surface area contributed by atoms with E-state index in [-0.39, 0.29) is 6.04 Å². The lowest BCUT2D eigenvalue weighted by Gasteiger charge is -2.10. The smallest absolute Gasteiger partial charge is 0.206 e. The van der Waals surface area contributed by atoms with Crippen LogP contribution in [0.3, 0.4) is 0 Å². The first-order valence-corrected chi connectivity index (χ1v) is 7.51. The van der Waals surface area contributed by atoms with Crippen molar-refractivity contribution in [3.05, 3.63) is 25.8 Å². The lowest BCUT2D eigenvalue weighted by Crippen LogP contribution is -2.04. The maximum Gasteiger partial charge on any atom is 0.206 e. The minimum Gasteiger partial charge on any atom is -0.353 e. The fourth-order valence-corrected chi connectivity index (χ4v) is 3.81. The normalized spacial score (nSPS) is 12.7. The van der Waals surface area contributed by atoms with E-state index in [9.17, 15) is 0 Å². The van der Waals surface area contributed by atoms with Gasteiger partial charge in [0.05, 0.1) is 6.04 Å². The first-order chi connectivity index (χ1) is 7.70. The summed E-state index contributed by atoms with van der Waals surface area (Å²) in [5.41, 5.74) is 0. The number of thiophene rings is 1. The van der Waals surface area contributed by atoms with Crippen LogP contribution < -0.4 is 5.32 Å². The lowest BCUT2D eigenvalue weighted by atomic mass is 10.3. The molecule has 0 aliphatic carbocycles. The van der Waals surface area contributed by atoms with E-state index < -0.39 is 0 Å². The number of hydrogen-bond acceptors (Lipinski definition) is 5. The molecule has 0 spiro atoms. The first kappa shape index (κ1) is 12.0. The molecule has 0 amide bonds. The second-order valence-corrected chi connectivity index (χ2v) is 6.22. The van der Waals surface area contributed by atoms with Crippen molar-refractivity contribution < 1.29 is 0 Å². The fourth-order valence-electron chi connectivity index (χ4n) is 1.32. The third-order valence-electron chi connectivity index (χ3n) is 2.15. The van der Waals surface area contributed by atoms with Gasteiger partial charge in [-0.2, -0.15) is 0 Å². The summed E-state index contributed by atoms with van der Waals surface area (Å²) in [6.07, 6.45) is 0.941. The summed E-state index contributed by atoms with van der Waals surface area (Å²) >= 11 is 6.89. The standard InChI is InChI=1S/C10H12BrN3S2/c1-3-8-13-14-10(16-8)12-6(2)9-7(11)4-5-15-9/h4-6H,3H2,1-2H3,(H,12,14). The molecule has 2 aromatic heterocycles. The van der Waals surface area contributed by atoms with Gasteiger partial charge in [-0.25, -0.2) is 0 Å². The van der Waals surface area contributed by atoms with Crippen molar-refractivity contribution in [1.82, 2.24) is 10.2 Å². The topological polar surface area (TPSA) is 37.8 Å². The van der Waals surface area contributed by atoms with Gasteiger partial charge in [-0.05, 0) is 40.7 Å². The highest BCUT2D eigenvalue weighted by atomic mass is 79.9. The number of rotatable bonds is 4. The molecule has 0 saturated heterocycles. The number of anilines is 1. The Bertz CT molecular complexity index is 466. The SMILES string of the molecule is CCc1nnc(NC(C)c2sccc2Br)s1. The summed E-state index contributed by atoms with van der Waals surface area (Å²) in [4.78, 5) is 1.29. The molecule has 2 rings (SSSR count). The van der Waals surface area contributed by atoms with Crippen LogP contribution in [-0.2, 0) is 6.42 Å². The lowest BCUT2D eigenvalue weighted by molar-refractivity contribution is 0.885. The molecule has 0 aliphatic rings. The Labute approximate surface area is 111 Å². The second kappa shape index (κ2) is 5.25. The third-order valence-corrected chi connectivity index (χ3v) is 5.20. The summed E-state index contributed by atoms with van der Waals surface area (Å²) in [5.74, 6) is 0. The Hall–Kier alpha value is -0.460. The van der Waals surface area contributed by atoms with Gasteiger partial charge in [0, 0.05) is 9.35 Å². The number of hydrogen-bond donors (Lipinski definition) is 1. The van der Waals surface area contributed by atoms with Crippen molar-refractivity contribution in [2.45, 2.75) is 26.3 Å². The van der Waals surface area contributed by atoms with Crippen molar-refractivity contribution in [3.63, 3.8) is 0 Å². The van der Waals surface area contributed by atoms with Gasteiger partial charge < -0.3 is 5.32 Å². The van der Waals surface area contributed by atoms with Crippen LogP contribution in [0.5, 0.6) is 0 Å². The van der Waals surface area contributed by atoms with Crippen LogP contribution in [0.15, 0.2) is 15.9 Å². The number of aryl methyl sites for hydroxylation is 1. The van der Waals surface area contributed by atoms with Crippen LogP contribution in [0, 0.1) is 0 Å². The highest BCUT2D eigenvalue weighted by Gasteiger charge is 2.12. The van der Waals surface area contributed by atoms with Gasteiger partial charge in [0.15, 0.2) is 0 Å². The van der Waals surface area contributed by atoms with Crippen molar-refractivity contribution in [2.75, 3.05) is 5.32 Å². The van der Waals surface area contributed by atoms with E-state index in [0.29, 0.717) is 0 Å². The van der Waals surface area contributed by atoms with Crippen LogP contribution in [-0.4, -0.2) is 10.2 Å². The maximum atomic E-state index is 4.11. The number of nitrogens with one attached hydrogen (secondary N) is 1. The molecule has 2 heterocycles. The monoisotopic (exact) mass is 317 g/mol. The van der Waals surface area contributed by atoms with Crippen molar-refractivity contribution in [3.8, 4) is 0 Å². The minimum atomic E-state index is 0.257. The highest BCUT2D eigenvalue weighted by Crippen LogP contribution is 2.31. The first-order valence-electron chi connectivity index (χ1n) is 5.02. The molecule has 0 aliphatic heterocycles. The summed E-state index contributed by atoms with van der Waals surface area (Å²) in [6.45, 7) is 4.22. The Morgan fingerprint density at radius 1 is 1.50 bits per heavy atom. The van der Waals surface area contributed by atoms with Gasteiger partial charge in [-0.15, -0.1) is 21.5 Å². The average Bonchev–Trinajstić information content (AvgIpc) is 2.86. The van der Waals surface area contributed by atoms with E-state index in [0.717, 1.165) is 21.0 Å². The maximum absolute atomic E-state index is 4.11. The van der Waals surface area contributed by atoms with Crippen molar-refractivity contribution >= 4 is 43.7 Å². The van der Waals surface area contributed by atoms with Gasteiger partial charge >= 0.3 is 0 Å². The van der Waals surface area contributed by atoms with Crippen molar-refractivity contribution in [2.24, 2.45) is 0 Å². The molecule has 0 bridgehead atoms. The molecule has 1 unspecified atom stereocenters. The fraction of sp³-hybridized carbons (Fsp3) is 0.400. The molecule has 0 radical (unpaired) electrons. The van der Waals surface area contributed by atoms with Gasteiger partial charge in [-0.1, -0.05) is 18.3 Å². The minimum absolute atomic E-state index is 0.257. The molecule has 6 heteroatoms. The van der Waals surface area contributed by atoms with Crippen LogP contribution in [0.4, 0.5) is 5.13 Å².